The highest BCUT2D eigenvalue weighted by atomic mass is 19.4. The second-order valence-corrected chi connectivity index (χ2v) is 4.50. The van der Waals surface area contributed by atoms with E-state index >= 15 is 0 Å². The highest BCUT2D eigenvalue weighted by molar-refractivity contribution is 5.80. The lowest BCUT2D eigenvalue weighted by Crippen LogP contribution is -2.50. The quantitative estimate of drug-likeness (QED) is 0.673. The summed E-state index contributed by atoms with van der Waals surface area (Å²) in [6.45, 7) is -1.06. The van der Waals surface area contributed by atoms with Gasteiger partial charge in [-0.05, 0) is 13.0 Å². The minimum Gasteiger partial charge on any atom is -0.481 e. The van der Waals surface area contributed by atoms with Gasteiger partial charge in [0.25, 0.3) is 0 Å². The number of aliphatic hydroxyl groups excluding tert-OH is 1. The summed E-state index contributed by atoms with van der Waals surface area (Å²) in [6, 6.07) is 0. The van der Waals surface area contributed by atoms with E-state index in [2.05, 4.69) is 0 Å². The van der Waals surface area contributed by atoms with Crippen LogP contribution in [-0.2, 0) is 9.59 Å². The zero-order valence-electron chi connectivity index (χ0n) is 9.80. The normalized spacial score (nSPS) is 26.9. The monoisotopic (exact) mass is 285 g/mol. The van der Waals surface area contributed by atoms with Crippen LogP contribution in [0.4, 0.5) is 13.2 Å². The van der Waals surface area contributed by atoms with Gasteiger partial charge in [-0.1, -0.05) is 0 Å². The molecule has 19 heavy (non-hydrogen) atoms. The predicted molar refractivity (Wildman–Crippen MR) is 55.4 cm³/mol. The summed E-state index contributed by atoms with van der Waals surface area (Å²) in [5.41, 5.74) is 0. The summed E-state index contributed by atoms with van der Waals surface area (Å²) >= 11 is 0. The van der Waals surface area contributed by atoms with Gasteiger partial charge in [0.05, 0.1) is 11.8 Å². The van der Waals surface area contributed by atoms with Gasteiger partial charge in [0.1, 0.15) is 0 Å². The van der Waals surface area contributed by atoms with E-state index in [1.807, 2.05) is 0 Å². The summed E-state index contributed by atoms with van der Waals surface area (Å²) in [5, 5.41) is 26.6. The second kappa shape index (κ2) is 5.74. The van der Waals surface area contributed by atoms with Crippen LogP contribution in [0.3, 0.4) is 0 Å². The first-order valence-corrected chi connectivity index (χ1v) is 5.55. The number of carboxylic acids is 2. The van der Waals surface area contributed by atoms with E-state index in [0.717, 1.165) is 4.90 Å². The molecule has 110 valence electrons. The third-order valence-corrected chi connectivity index (χ3v) is 3.14. The van der Waals surface area contributed by atoms with Crippen molar-refractivity contribution < 1.29 is 38.1 Å². The third kappa shape index (κ3) is 4.06. The first-order chi connectivity index (χ1) is 8.62. The van der Waals surface area contributed by atoms with E-state index in [1.54, 1.807) is 0 Å². The van der Waals surface area contributed by atoms with Gasteiger partial charge in [0.2, 0.25) is 0 Å². The van der Waals surface area contributed by atoms with Crippen molar-refractivity contribution in [1.29, 1.82) is 0 Å². The van der Waals surface area contributed by atoms with Crippen molar-refractivity contribution >= 4 is 11.9 Å². The molecule has 9 heteroatoms. The first-order valence-electron chi connectivity index (χ1n) is 5.55. The summed E-state index contributed by atoms with van der Waals surface area (Å²) < 4.78 is 36.5. The molecule has 1 heterocycles. The summed E-state index contributed by atoms with van der Waals surface area (Å²) in [6.07, 6.45) is -7.40. The molecule has 0 aliphatic carbocycles. The van der Waals surface area contributed by atoms with Gasteiger partial charge < -0.3 is 15.3 Å². The van der Waals surface area contributed by atoms with Gasteiger partial charge >= 0.3 is 18.1 Å². The highest BCUT2D eigenvalue weighted by Gasteiger charge is 2.43. The Kier molecular flexibility index (Phi) is 4.75. The number of piperidine rings is 1. The highest BCUT2D eigenvalue weighted by Crippen LogP contribution is 2.27. The second-order valence-electron chi connectivity index (χ2n) is 4.50. The molecule has 3 N–H and O–H groups in total. The predicted octanol–water partition coefficient (Wildman–Crippen LogP) is 0.0169. The molecule has 0 saturated carbocycles. The third-order valence-electron chi connectivity index (χ3n) is 3.14. The summed E-state index contributed by atoms with van der Waals surface area (Å²) in [5.74, 6) is -5.02. The number of β-amino-alcohol motifs (C(OH)–C–C–N with tert-alkyl or cyclic N) is 1. The van der Waals surface area contributed by atoms with Gasteiger partial charge in [-0.2, -0.15) is 13.2 Å². The molecule has 0 bridgehead atoms. The van der Waals surface area contributed by atoms with E-state index in [1.165, 1.54) is 0 Å². The minimum atomic E-state index is -4.78. The molecule has 3 atom stereocenters. The fourth-order valence-corrected chi connectivity index (χ4v) is 2.08. The zero-order valence-corrected chi connectivity index (χ0v) is 9.80. The molecule has 0 amide bonds. The maximum atomic E-state index is 12.2. The number of aliphatic carboxylic acids is 2. The molecule has 3 unspecified atom stereocenters. The molecule has 0 radical (unpaired) electrons. The molecule has 1 aliphatic heterocycles. The van der Waals surface area contributed by atoms with E-state index in [0.29, 0.717) is 0 Å². The molecule has 0 aromatic carbocycles. The zero-order chi connectivity index (χ0) is 14.8. The summed E-state index contributed by atoms with van der Waals surface area (Å²) in [4.78, 5) is 22.9. The number of hydrogen-bond acceptors (Lipinski definition) is 4. The molecular formula is C10H14F3NO5. The first kappa shape index (κ1) is 15.7. The molecule has 1 fully saturated rings. The number of carboxylic acid groups (broad SMARTS) is 2. The Morgan fingerprint density at radius 2 is 1.74 bits per heavy atom. The van der Waals surface area contributed by atoms with Crippen LogP contribution in [-0.4, -0.2) is 64.1 Å². The smallest absolute Gasteiger partial charge is 0.415 e. The standard InChI is InChI=1S/C10H14F3NO5/c11-10(12,13)7(15)4-14-2-1-5(8(16)17)6(3-14)9(18)19/h5-7,15H,1-4H2,(H,16,17)(H,18,19). The Bertz CT molecular complexity index is 360. The van der Waals surface area contributed by atoms with Gasteiger partial charge in [0.15, 0.2) is 6.10 Å². The fourth-order valence-electron chi connectivity index (χ4n) is 2.08. The molecule has 1 saturated heterocycles. The van der Waals surface area contributed by atoms with Crippen molar-refractivity contribution in [2.75, 3.05) is 19.6 Å². The van der Waals surface area contributed by atoms with Crippen LogP contribution in [0.1, 0.15) is 6.42 Å². The lowest BCUT2D eigenvalue weighted by Gasteiger charge is -2.35. The molecule has 6 nitrogen and oxygen atoms in total. The van der Waals surface area contributed by atoms with Crippen molar-refractivity contribution in [2.45, 2.75) is 18.7 Å². The maximum absolute atomic E-state index is 12.2. The number of rotatable bonds is 4. The van der Waals surface area contributed by atoms with E-state index < -0.39 is 42.6 Å². The Balaban J connectivity index is 2.67. The van der Waals surface area contributed by atoms with Crippen LogP contribution in [0, 0.1) is 11.8 Å². The Labute approximate surface area is 106 Å². The van der Waals surface area contributed by atoms with Gasteiger partial charge in [-0.15, -0.1) is 0 Å². The lowest BCUT2D eigenvalue weighted by molar-refractivity contribution is -0.209. The number of aliphatic hydroxyl groups is 1. The van der Waals surface area contributed by atoms with Crippen LogP contribution >= 0.6 is 0 Å². The molecule has 0 aromatic rings. The molecule has 0 aromatic heterocycles. The van der Waals surface area contributed by atoms with Crippen LogP contribution in [0.2, 0.25) is 0 Å². The van der Waals surface area contributed by atoms with E-state index in [-0.39, 0.29) is 19.5 Å². The Hall–Kier alpha value is -1.35. The van der Waals surface area contributed by atoms with Crippen molar-refractivity contribution in [1.82, 2.24) is 4.90 Å². The van der Waals surface area contributed by atoms with Gasteiger partial charge in [0, 0.05) is 13.1 Å². The molecule has 1 rings (SSSR count). The van der Waals surface area contributed by atoms with Crippen molar-refractivity contribution in [3.05, 3.63) is 0 Å². The Morgan fingerprint density at radius 3 is 2.16 bits per heavy atom. The van der Waals surface area contributed by atoms with Gasteiger partial charge in [-0.3, -0.25) is 14.5 Å². The number of alkyl halides is 3. The summed E-state index contributed by atoms with van der Waals surface area (Å²) in [7, 11) is 0. The maximum Gasteiger partial charge on any atom is 0.415 e. The van der Waals surface area contributed by atoms with Crippen LogP contribution in [0.25, 0.3) is 0 Å². The molecule has 0 spiro atoms. The van der Waals surface area contributed by atoms with Crippen molar-refractivity contribution in [2.24, 2.45) is 11.8 Å². The average molecular weight is 285 g/mol. The van der Waals surface area contributed by atoms with Crippen molar-refractivity contribution in [3.63, 3.8) is 0 Å². The lowest BCUT2D eigenvalue weighted by atomic mass is 9.85. The average Bonchev–Trinajstić information content (AvgIpc) is 2.27. The SMILES string of the molecule is O=C(O)C1CCN(CC(O)C(F)(F)F)CC1C(=O)O. The van der Waals surface area contributed by atoms with Crippen molar-refractivity contribution in [3.8, 4) is 0 Å². The fraction of sp³-hybridized carbons (Fsp3) is 0.800. The molecular weight excluding hydrogens is 271 g/mol. The number of carbonyl (C=O) groups is 2. The van der Waals surface area contributed by atoms with Crippen LogP contribution in [0.15, 0.2) is 0 Å². The van der Waals surface area contributed by atoms with Crippen LogP contribution in [0.5, 0.6) is 0 Å². The van der Waals surface area contributed by atoms with Crippen LogP contribution < -0.4 is 0 Å². The van der Waals surface area contributed by atoms with Gasteiger partial charge in [-0.25, -0.2) is 0 Å². The largest absolute Gasteiger partial charge is 0.481 e. The molecule has 1 aliphatic rings. The number of hydrogen-bond donors (Lipinski definition) is 3. The number of likely N-dealkylation sites (tertiary alicyclic amines) is 1. The topological polar surface area (TPSA) is 98.1 Å². The van der Waals surface area contributed by atoms with E-state index in [9.17, 15) is 22.8 Å². The minimum absolute atomic E-state index is 0.00782. The number of halogens is 3. The van der Waals surface area contributed by atoms with E-state index in [4.69, 9.17) is 15.3 Å². The Morgan fingerprint density at radius 1 is 1.21 bits per heavy atom. The number of nitrogens with zero attached hydrogens (tertiary/aromatic N) is 1.